The van der Waals surface area contributed by atoms with Crippen LogP contribution in [-0.4, -0.2) is 36.2 Å². The quantitative estimate of drug-likeness (QED) is 0.860. The predicted octanol–water partition coefficient (Wildman–Crippen LogP) is 2.26. The summed E-state index contributed by atoms with van der Waals surface area (Å²) in [6, 6.07) is 5.06. The molecular weight excluding hydrogens is 314 g/mol. The Morgan fingerprint density at radius 1 is 1.35 bits per heavy atom. The van der Waals surface area contributed by atoms with E-state index in [1.54, 1.807) is 27.3 Å². The lowest BCUT2D eigenvalue weighted by atomic mass is 10.1. The highest BCUT2D eigenvalue weighted by atomic mass is 32.2. The van der Waals surface area contributed by atoms with Gasteiger partial charge in [-0.1, -0.05) is 6.07 Å². The number of aromatic nitrogens is 2. The van der Waals surface area contributed by atoms with Crippen molar-refractivity contribution in [3.05, 3.63) is 41.7 Å². The van der Waals surface area contributed by atoms with E-state index >= 15 is 0 Å². The highest BCUT2D eigenvalue weighted by molar-refractivity contribution is 7.89. The van der Waals surface area contributed by atoms with Crippen LogP contribution in [0.25, 0.3) is 0 Å². The smallest absolute Gasteiger partial charge is 0.247 e. The number of benzene rings is 1. The first kappa shape index (κ1) is 16.0. The third-order valence-electron chi connectivity index (χ3n) is 4.22. The first-order valence-corrected chi connectivity index (χ1v) is 9.02. The summed E-state index contributed by atoms with van der Waals surface area (Å²) in [5.41, 5.74) is 1.82. The fourth-order valence-electron chi connectivity index (χ4n) is 3.08. The van der Waals surface area contributed by atoms with Crippen molar-refractivity contribution in [3.8, 4) is 5.75 Å². The normalized spacial score (nSPS) is 19.2. The lowest BCUT2D eigenvalue weighted by molar-refractivity contribution is 0.380. The number of methoxy groups -OCH3 is 1. The molecular formula is C16H21N3O3S. The summed E-state index contributed by atoms with van der Waals surface area (Å²) in [5.74, 6) is 0.382. The summed E-state index contributed by atoms with van der Waals surface area (Å²) < 4.78 is 34.9. The lowest BCUT2D eigenvalue weighted by Crippen LogP contribution is -2.31. The summed E-state index contributed by atoms with van der Waals surface area (Å²) in [6.45, 7) is 2.39. The molecule has 0 spiro atoms. The summed E-state index contributed by atoms with van der Waals surface area (Å²) in [4.78, 5) is 0.232. The molecule has 0 saturated carbocycles. The van der Waals surface area contributed by atoms with Crippen LogP contribution >= 0.6 is 0 Å². The zero-order chi connectivity index (χ0) is 16.6. The SMILES string of the molecule is COc1ccc(C)cc1S(=O)(=O)N1CCC[C@@H]1c1cnn(C)c1. The van der Waals surface area contributed by atoms with Gasteiger partial charge in [0.25, 0.3) is 0 Å². The van der Waals surface area contributed by atoms with Gasteiger partial charge in [-0.3, -0.25) is 4.68 Å². The van der Waals surface area contributed by atoms with Crippen molar-refractivity contribution >= 4 is 10.0 Å². The Kier molecular flexibility index (Phi) is 4.16. The molecule has 0 radical (unpaired) electrons. The van der Waals surface area contributed by atoms with E-state index in [1.807, 2.05) is 26.2 Å². The number of hydrogen-bond acceptors (Lipinski definition) is 4. The molecule has 0 bridgehead atoms. The second-order valence-electron chi connectivity index (χ2n) is 5.88. The maximum Gasteiger partial charge on any atom is 0.247 e. The van der Waals surface area contributed by atoms with Crippen LogP contribution < -0.4 is 4.74 Å². The van der Waals surface area contributed by atoms with Crippen LogP contribution in [0.15, 0.2) is 35.5 Å². The topological polar surface area (TPSA) is 64.4 Å². The number of sulfonamides is 1. The molecule has 23 heavy (non-hydrogen) atoms. The minimum atomic E-state index is -3.62. The van der Waals surface area contributed by atoms with E-state index < -0.39 is 10.0 Å². The van der Waals surface area contributed by atoms with Gasteiger partial charge in [0.05, 0.1) is 19.3 Å². The summed E-state index contributed by atoms with van der Waals surface area (Å²) in [7, 11) is -0.294. The first-order chi connectivity index (χ1) is 10.9. The van der Waals surface area contributed by atoms with Crippen LogP contribution in [0.5, 0.6) is 5.75 Å². The minimum absolute atomic E-state index is 0.168. The molecule has 2 heterocycles. The maximum atomic E-state index is 13.2. The van der Waals surface area contributed by atoms with E-state index in [0.717, 1.165) is 24.0 Å². The molecule has 7 heteroatoms. The Hall–Kier alpha value is -1.86. The van der Waals surface area contributed by atoms with Gasteiger partial charge in [0.1, 0.15) is 10.6 Å². The van der Waals surface area contributed by atoms with E-state index in [2.05, 4.69) is 5.10 Å². The number of nitrogens with zero attached hydrogens (tertiary/aromatic N) is 3. The third kappa shape index (κ3) is 2.86. The van der Waals surface area contributed by atoms with Crippen molar-refractivity contribution in [2.24, 2.45) is 7.05 Å². The zero-order valence-corrected chi connectivity index (χ0v) is 14.4. The number of rotatable bonds is 4. The van der Waals surface area contributed by atoms with Crippen LogP contribution in [0.4, 0.5) is 0 Å². The molecule has 0 N–H and O–H groups in total. The molecule has 0 aliphatic carbocycles. The zero-order valence-electron chi connectivity index (χ0n) is 13.6. The van der Waals surface area contributed by atoms with Crippen LogP contribution in [0.2, 0.25) is 0 Å². The molecule has 124 valence electrons. The monoisotopic (exact) mass is 335 g/mol. The van der Waals surface area contributed by atoms with Gasteiger partial charge in [-0.05, 0) is 37.5 Å². The van der Waals surface area contributed by atoms with Crippen molar-refractivity contribution in [2.75, 3.05) is 13.7 Å². The highest BCUT2D eigenvalue weighted by Crippen LogP contribution is 2.38. The van der Waals surface area contributed by atoms with Crippen LogP contribution in [0.1, 0.15) is 30.0 Å². The fourth-order valence-corrected chi connectivity index (χ4v) is 5.01. The van der Waals surface area contributed by atoms with Crippen LogP contribution in [0.3, 0.4) is 0 Å². The Bertz CT molecular complexity index is 814. The predicted molar refractivity (Wildman–Crippen MR) is 86.8 cm³/mol. The van der Waals surface area contributed by atoms with E-state index in [1.165, 1.54) is 7.11 Å². The number of aryl methyl sites for hydroxylation is 2. The Balaban J connectivity index is 2.03. The molecule has 1 fully saturated rings. The van der Waals surface area contributed by atoms with E-state index in [9.17, 15) is 8.42 Å². The average Bonchev–Trinajstić information content (AvgIpc) is 3.15. The van der Waals surface area contributed by atoms with Crippen molar-refractivity contribution < 1.29 is 13.2 Å². The molecule has 2 aromatic rings. The summed E-state index contributed by atoms with van der Waals surface area (Å²) in [6.07, 6.45) is 5.27. The van der Waals surface area contributed by atoms with Gasteiger partial charge in [-0.15, -0.1) is 0 Å². The van der Waals surface area contributed by atoms with Crippen LogP contribution in [-0.2, 0) is 17.1 Å². The molecule has 0 amide bonds. The van der Waals surface area contributed by atoms with Gasteiger partial charge in [-0.25, -0.2) is 8.42 Å². The van der Waals surface area contributed by atoms with E-state index in [-0.39, 0.29) is 10.9 Å². The lowest BCUT2D eigenvalue weighted by Gasteiger charge is -2.24. The van der Waals surface area contributed by atoms with E-state index in [0.29, 0.717) is 12.3 Å². The minimum Gasteiger partial charge on any atom is -0.495 e. The Morgan fingerprint density at radius 2 is 2.13 bits per heavy atom. The molecule has 3 rings (SSSR count). The van der Waals surface area contributed by atoms with Gasteiger partial charge >= 0.3 is 0 Å². The Labute approximate surface area is 136 Å². The van der Waals surface area contributed by atoms with Gasteiger partial charge in [-0.2, -0.15) is 9.40 Å². The maximum absolute atomic E-state index is 13.2. The van der Waals surface area contributed by atoms with Crippen molar-refractivity contribution in [3.63, 3.8) is 0 Å². The van der Waals surface area contributed by atoms with Gasteiger partial charge in [0, 0.05) is 25.4 Å². The second-order valence-corrected chi connectivity index (χ2v) is 7.73. The van der Waals surface area contributed by atoms with Gasteiger partial charge in [0.15, 0.2) is 0 Å². The Morgan fingerprint density at radius 3 is 2.78 bits per heavy atom. The fraction of sp³-hybridized carbons (Fsp3) is 0.438. The largest absolute Gasteiger partial charge is 0.495 e. The standard InChI is InChI=1S/C16H21N3O3S/c1-12-6-7-15(22-3)16(9-12)23(20,21)19-8-4-5-14(19)13-10-17-18(2)11-13/h6-7,9-11,14H,4-5,8H2,1-3H3/t14-/m1/s1. The molecule has 1 atom stereocenters. The molecule has 1 aromatic carbocycles. The van der Waals surface area contributed by atoms with Gasteiger partial charge in [0.2, 0.25) is 10.0 Å². The number of hydrogen-bond donors (Lipinski definition) is 0. The van der Waals surface area contributed by atoms with Crippen molar-refractivity contribution in [1.29, 1.82) is 0 Å². The van der Waals surface area contributed by atoms with Crippen molar-refractivity contribution in [1.82, 2.24) is 14.1 Å². The molecule has 6 nitrogen and oxygen atoms in total. The number of ether oxygens (including phenoxy) is 1. The second kappa shape index (κ2) is 5.98. The molecule has 1 aliphatic heterocycles. The molecule has 1 aliphatic rings. The summed E-state index contributed by atoms with van der Waals surface area (Å²) in [5, 5.41) is 4.17. The molecule has 1 aromatic heterocycles. The van der Waals surface area contributed by atoms with Gasteiger partial charge < -0.3 is 4.74 Å². The van der Waals surface area contributed by atoms with Crippen molar-refractivity contribution in [2.45, 2.75) is 30.7 Å². The first-order valence-electron chi connectivity index (χ1n) is 7.58. The molecule has 1 saturated heterocycles. The van der Waals surface area contributed by atoms with Crippen LogP contribution in [0, 0.1) is 6.92 Å². The van der Waals surface area contributed by atoms with E-state index in [4.69, 9.17) is 4.74 Å². The summed E-state index contributed by atoms with van der Waals surface area (Å²) >= 11 is 0. The average molecular weight is 335 g/mol. The molecule has 0 unspecified atom stereocenters. The highest BCUT2D eigenvalue weighted by Gasteiger charge is 2.38. The third-order valence-corrected chi connectivity index (χ3v) is 6.15.